The number of hydrogen-bond acceptors (Lipinski definition) is 2. The average Bonchev–Trinajstić information content (AvgIpc) is 2.90. The lowest BCUT2D eigenvalue weighted by Crippen LogP contribution is -2.44. The van der Waals surface area contributed by atoms with Crippen LogP contribution in [-0.4, -0.2) is 23.3 Å². The fourth-order valence-corrected chi connectivity index (χ4v) is 3.11. The van der Waals surface area contributed by atoms with Crippen LogP contribution in [-0.2, 0) is 14.9 Å². The molecular weight excluding hydrogens is 223 g/mol. The third kappa shape index (κ3) is 1.40. The van der Waals surface area contributed by atoms with Crippen LogP contribution >= 0.6 is 0 Å². The van der Waals surface area contributed by atoms with Gasteiger partial charge in [-0.2, -0.15) is 0 Å². The lowest BCUT2D eigenvalue weighted by atomic mass is 9.69. The lowest BCUT2D eigenvalue weighted by molar-refractivity contribution is -0.146. The van der Waals surface area contributed by atoms with Crippen molar-refractivity contribution in [2.75, 3.05) is 0 Å². The Morgan fingerprint density at radius 3 is 2.53 bits per heavy atom. The topological polar surface area (TPSA) is 46.5 Å². The Morgan fingerprint density at radius 2 is 2.06 bits per heavy atom. The maximum atomic E-state index is 12.9. The number of carboxylic acid groups (broad SMARTS) is 1. The Kier molecular flexibility index (Phi) is 2.23. The summed E-state index contributed by atoms with van der Waals surface area (Å²) >= 11 is 0. The van der Waals surface area contributed by atoms with Crippen molar-refractivity contribution >= 4 is 5.97 Å². The summed E-state index contributed by atoms with van der Waals surface area (Å²) in [6, 6.07) is 5.75. The number of rotatable bonds is 2. The Hall–Kier alpha value is -1.42. The van der Waals surface area contributed by atoms with Crippen LogP contribution in [0.25, 0.3) is 0 Å². The van der Waals surface area contributed by atoms with Crippen LogP contribution in [0.2, 0.25) is 0 Å². The molecule has 0 aromatic heterocycles. The van der Waals surface area contributed by atoms with Gasteiger partial charge in [-0.3, -0.25) is 4.79 Å². The summed E-state index contributed by atoms with van der Waals surface area (Å²) in [5.74, 6) is -1.21. The summed E-state index contributed by atoms with van der Waals surface area (Å²) in [6.07, 6.45) is 1.98. The Bertz CT molecular complexity index is 456. The van der Waals surface area contributed by atoms with Gasteiger partial charge in [0.05, 0.1) is 12.2 Å². The molecule has 2 aliphatic heterocycles. The highest BCUT2D eigenvalue weighted by atomic mass is 19.1. The molecule has 1 aromatic carbocycles. The zero-order valence-electron chi connectivity index (χ0n) is 9.23. The Balaban J connectivity index is 2.07. The fraction of sp³-hybridized carbons (Fsp3) is 0.462. The molecule has 3 unspecified atom stereocenters. The number of fused-ring (bicyclic) bond motifs is 2. The summed E-state index contributed by atoms with van der Waals surface area (Å²) in [5.41, 5.74) is -0.324. The van der Waals surface area contributed by atoms with Gasteiger partial charge in [-0.25, -0.2) is 4.39 Å². The van der Waals surface area contributed by atoms with E-state index in [0.717, 1.165) is 12.8 Å². The van der Waals surface area contributed by atoms with E-state index in [1.807, 2.05) is 0 Å². The molecule has 2 saturated heterocycles. The third-order valence-electron chi connectivity index (χ3n) is 3.95. The van der Waals surface area contributed by atoms with Crippen LogP contribution in [0.5, 0.6) is 0 Å². The minimum absolute atomic E-state index is 0.0427. The minimum Gasteiger partial charge on any atom is -0.481 e. The molecule has 3 rings (SSSR count). The van der Waals surface area contributed by atoms with Crippen molar-refractivity contribution in [1.82, 2.24) is 0 Å². The highest BCUT2D eigenvalue weighted by Gasteiger charge is 2.58. The van der Waals surface area contributed by atoms with Gasteiger partial charge in [0, 0.05) is 0 Å². The molecule has 1 aromatic rings. The molecule has 90 valence electrons. The van der Waals surface area contributed by atoms with Gasteiger partial charge >= 0.3 is 5.97 Å². The summed E-state index contributed by atoms with van der Waals surface area (Å²) in [5, 5.41) is 9.53. The second-order valence-electron chi connectivity index (χ2n) is 4.81. The predicted molar refractivity (Wildman–Crippen MR) is 58.2 cm³/mol. The average molecular weight is 236 g/mol. The molecule has 2 bridgehead atoms. The second-order valence-corrected chi connectivity index (χ2v) is 4.81. The molecule has 0 saturated carbocycles. The first-order chi connectivity index (χ1) is 8.13. The first-order valence-electron chi connectivity index (χ1n) is 5.78. The van der Waals surface area contributed by atoms with Crippen molar-refractivity contribution in [2.45, 2.75) is 36.9 Å². The van der Waals surface area contributed by atoms with Crippen LogP contribution in [0.3, 0.4) is 0 Å². The first-order valence-corrected chi connectivity index (χ1v) is 5.78. The second kappa shape index (κ2) is 3.53. The normalized spacial score (nSPS) is 35.1. The zero-order chi connectivity index (χ0) is 12.0. The van der Waals surface area contributed by atoms with Crippen LogP contribution in [0.1, 0.15) is 24.8 Å². The molecule has 0 radical (unpaired) electrons. The van der Waals surface area contributed by atoms with Crippen molar-refractivity contribution in [3.05, 3.63) is 35.6 Å². The molecule has 17 heavy (non-hydrogen) atoms. The number of aliphatic carboxylic acids is 1. The van der Waals surface area contributed by atoms with E-state index in [1.54, 1.807) is 12.1 Å². The molecule has 3 nitrogen and oxygen atoms in total. The number of ether oxygens (including phenoxy) is 1. The fourth-order valence-electron chi connectivity index (χ4n) is 3.11. The smallest absolute Gasteiger partial charge is 0.316 e. The molecule has 0 spiro atoms. The van der Waals surface area contributed by atoms with E-state index in [2.05, 4.69) is 0 Å². The number of benzene rings is 1. The van der Waals surface area contributed by atoms with Gasteiger partial charge in [0.1, 0.15) is 11.2 Å². The van der Waals surface area contributed by atoms with E-state index < -0.39 is 11.4 Å². The maximum Gasteiger partial charge on any atom is 0.316 e. The van der Waals surface area contributed by atoms with E-state index in [1.165, 1.54) is 12.1 Å². The van der Waals surface area contributed by atoms with Crippen LogP contribution in [0.4, 0.5) is 4.39 Å². The maximum absolute atomic E-state index is 12.9. The summed E-state index contributed by atoms with van der Waals surface area (Å²) in [6.45, 7) is 0. The van der Waals surface area contributed by atoms with Gasteiger partial charge in [-0.1, -0.05) is 12.1 Å². The van der Waals surface area contributed by atoms with Crippen molar-refractivity contribution < 1.29 is 19.0 Å². The molecule has 3 atom stereocenters. The molecule has 0 amide bonds. The van der Waals surface area contributed by atoms with Crippen molar-refractivity contribution in [3.8, 4) is 0 Å². The molecule has 1 N–H and O–H groups in total. The third-order valence-corrected chi connectivity index (χ3v) is 3.95. The molecule has 0 aliphatic carbocycles. The monoisotopic (exact) mass is 236 g/mol. The SMILES string of the molecule is O=C(O)C1(c2ccc(F)cc2)CC2CCC1O2. The molecule has 2 fully saturated rings. The first kappa shape index (κ1) is 10.7. The summed E-state index contributed by atoms with van der Waals surface area (Å²) < 4.78 is 18.6. The number of halogens is 1. The molecular formula is C13H13FO3. The highest BCUT2D eigenvalue weighted by Crippen LogP contribution is 2.49. The van der Waals surface area contributed by atoms with Crippen molar-refractivity contribution in [2.24, 2.45) is 0 Å². The van der Waals surface area contributed by atoms with Crippen LogP contribution in [0, 0.1) is 5.82 Å². The highest BCUT2D eigenvalue weighted by molar-refractivity contribution is 5.83. The number of carbonyl (C=O) groups is 1. The van der Waals surface area contributed by atoms with Gasteiger partial charge in [0.15, 0.2) is 0 Å². The summed E-state index contributed by atoms with van der Waals surface area (Å²) in [7, 11) is 0. The Morgan fingerprint density at radius 1 is 1.35 bits per heavy atom. The van der Waals surface area contributed by atoms with E-state index in [-0.39, 0.29) is 18.0 Å². The lowest BCUT2D eigenvalue weighted by Gasteiger charge is -2.31. The minimum atomic E-state index is -0.976. The van der Waals surface area contributed by atoms with Crippen LogP contribution < -0.4 is 0 Å². The molecule has 4 heteroatoms. The number of carboxylic acids is 1. The van der Waals surface area contributed by atoms with E-state index in [0.29, 0.717) is 12.0 Å². The van der Waals surface area contributed by atoms with Gasteiger partial charge in [0.25, 0.3) is 0 Å². The predicted octanol–water partition coefficient (Wildman–Crippen LogP) is 2.10. The van der Waals surface area contributed by atoms with Crippen LogP contribution in [0.15, 0.2) is 24.3 Å². The van der Waals surface area contributed by atoms with Gasteiger partial charge in [-0.15, -0.1) is 0 Å². The molecule has 2 aliphatic rings. The Labute approximate surface area is 98.2 Å². The summed E-state index contributed by atoms with van der Waals surface area (Å²) in [4.78, 5) is 11.6. The standard InChI is InChI=1S/C13H13FO3/c14-9-3-1-8(2-4-9)13(12(15)16)7-10-5-6-11(13)17-10/h1-4,10-11H,5-7H2,(H,15,16). The molecule has 2 heterocycles. The van der Waals surface area contributed by atoms with Gasteiger partial charge < -0.3 is 9.84 Å². The van der Waals surface area contributed by atoms with E-state index in [4.69, 9.17) is 4.74 Å². The van der Waals surface area contributed by atoms with Gasteiger partial charge in [0.2, 0.25) is 0 Å². The van der Waals surface area contributed by atoms with Gasteiger partial charge in [-0.05, 0) is 37.0 Å². The van der Waals surface area contributed by atoms with E-state index >= 15 is 0 Å². The number of hydrogen-bond donors (Lipinski definition) is 1. The quantitative estimate of drug-likeness (QED) is 0.855. The zero-order valence-corrected chi connectivity index (χ0v) is 9.23. The van der Waals surface area contributed by atoms with Crippen molar-refractivity contribution in [3.63, 3.8) is 0 Å². The largest absolute Gasteiger partial charge is 0.481 e. The van der Waals surface area contributed by atoms with Crippen molar-refractivity contribution in [1.29, 1.82) is 0 Å². The van der Waals surface area contributed by atoms with E-state index in [9.17, 15) is 14.3 Å².